The van der Waals surface area contributed by atoms with E-state index in [0.717, 1.165) is 22.6 Å². The van der Waals surface area contributed by atoms with Crippen LogP contribution in [0.4, 0.5) is 0 Å². The van der Waals surface area contributed by atoms with Gasteiger partial charge < -0.3 is 0 Å². The Hall–Kier alpha value is -0.670. The zero-order valence-corrected chi connectivity index (χ0v) is 10.2. The zero-order valence-electron chi connectivity index (χ0n) is 8.53. The van der Waals surface area contributed by atoms with E-state index in [2.05, 4.69) is 0 Å². The predicted molar refractivity (Wildman–Crippen MR) is 68.4 cm³/mol. The van der Waals surface area contributed by atoms with Crippen LogP contribution in [0.5, 0.6) is 0 Å². The number of ketones is 1. The summed E-state index contributed by atoms with van der Waals surface area (Å²) in [5.74, 6) is 2.41. The fourth-order valence-corrected chi connectivity index (χ4v) is 3.91. The summed E-state index contributed by atoms with van der Waals surface area (Å²) in [4.78, 5) is 12.0. The van der Waals surface area contributed by atoms with Gasteiger partial charge >= 0.3 is 0 Å². The lowest BCUT2D eigenvalue weighted by Crippen LogP contribution is -2.01. The molecule has 1 nitrogen and oxygen atoms in total. The maximum Gasteiger partial charge on any atom is 0.190 e. The van der Waals surface area contributed by atoms with Gasteiger partial charge in [-0.2, -0.15) is 0 Å². The summed E-state index contributed by atoms with van der Waals surface area (Å²) in [5.41, 5.74) is 1.68. The average Bonchev–Trinajstić information content (AvgIpc) is 2.82. The summed E-state index contributed by atoms with van der Waals surface area (Å²) in [7, 11) is 0. The van der Waals surface area contributed by atoms with E-state index in [1.807, 2.05) is 37.3 Å². The van der Waals surface area contributed by atoms with E-state index >= 15 is 0 Å². The fourth-order valence-electron chi connectivity index (χ4n) is 1.43. The number of thioether (sulfide) groups is 2. The van der Waals surface area contributed by atoms with Crippen LogP contribution in [-0.2, 0) is 0 Å². The molecule has 2 rings (SSSR count). The molecule has 1 aliphatic rings. The van der Waals surface area contributed by atoms with Gasteiger partial charge in [0.15, 0.2) is 5.78 Å². The van der Waals surface area contributed by atoms with E-state index < -0.39 is 0 Å². The molecular weight excluding hydrogens is 224 g/mol. The van der Waals surface area contributed by atoms with Gasteiger partial charge in [0.2, 0.25) is 0 Å². The highest BCUT2D eigenvalue weighted by Crippen LogP contribution is 2.39. The fraction of sp³-hybridized carbons (Fsp3) is 0.250. The van der Waals surface area contributed by atoms with Crippen molar-refractivity contribution in [2.24, 2.45) is 0 Å². The minimum Gasteiger partial charge on any atom is -0.289 e. The number of allylic oxidation sites excluding steroid dienone is 1. The van der Waals surface area contributed by atoms with E-state index in [9.17, 15) is 4.79 Å². The number of Topliss-reactive ketones (excluding diaryl/α,β-unsaturated/α-hetero) is 1. The van der Waals surface area contributed by atoms with E-state index in [-0.39, 0.29) is 5.78 Å². The van der Waals surface area contributed by atoms with Crippen LogP contribution in [0.2, 0.25) is 0 Å². The number of rotatable bonds is 2. The monoisotopic (exact) mass is 236 g/mol. The molecule has 1 aromatic carbocycles. The van der Waals surface area contributed by atoms with Crippen molar-refractivity contribution in [3.05, 3.63) is 45.7 Å². The van der Waals surface area contributed by atoms with Crippen molar-refractivity contribution in [3.63, 3.8) is 0 Å². The first-order chi connectivity index (χ1) is 7.29. The Labute approximate surface area is 98.3 Å². The maximum atomic E-state index is 12.0. The SMILES string of the molecule is CC(C(=O)c1ccccc1)=C1SCCS1. The van der Waals surface area contributed by atoms with Crippen LogP contribution in [0.15, 0.2) is 40.1 Å². The maximum absolute atomic E-state index is 12.0. The Morgan fingerprint density at radius 3 is 2.33 bits per heavy atom. The molecule has 0 spiro atoms. The summed E-state index contributed by atoms with van der Waals surface area (Å²) in [5, 5.41) is 0. The van der Waals surface area contributed by atoms with Gasteiger partial charge in [-0.1, -0.05) is 30.3 Å². The van der Waals surface area contributed by atoms with E-state index in [1.165, 1.54) is 4.24 Å². The third kappa shape index (κ3) is 2.47. The first-order valence-electron chi connectivity index (χ1n) is 4.85. The molecular formula is C12H12OS2. The topological polar surface area (TPSA) is 17.1 Å². The number of hydrogen-bond acceptors (Lipinski definition) is 3. The molecule has 78 valence electrons. The molecule has 1 fully saturated rings. The Morgan fingerprint density at radius 1 is 1.13 bits per heavy atom. The van der Waals surface area contributed by atoms with Crippen LogP contribution in [0, 0.1) is 0 Å². The summed E-state index contributed by atoms with van der Waals surface area (Å²) < 4.78 is 1.20. The van der Waals surface area contributed by atoms with Crippen molar-refractivity contribution in [1.29, 1.82) is 0 Å². The van der Waals surface area contributed by atoms with E-state index in [0.29, 0.717) is 0 Å². The van der Waals surface area contributed by atoms with Crippen molar-refractivity contribution < 1.29 is 4.79 Å². The van der Waals surface area contributed by atoms with Gasteiger partial charge in [0.05, 0.1) is 0 Å². The first-order valence-corrected chi connectivity index (χ1v) is 6.82. The lowest BCUT2D eigenvalue weighted by molar-refractivity contribution is 0.103. The summed E-state index contributed by atoms with van der Waals surface area (Å²) >= 11 is 3.59. The second-order valence-electron chi connectivity index (χ2n) is 3.30. The zero-order chi connectivity index (χ0) is 10.7. The van der Waals surface area contributed by atoms with Gasteiger partial charge in [0, 0.05) is 26.9 Å². The molecule has 1 aliphatic heterocycles. The second kappa shape index (κ2) is 4.90. The highest BCUT2D eigenvalue weighted by molar-refractivity contribution is 8.25. The number of benzene rings is 1. The van der Waals surface area contributed by atoms with Gasteiger partial charge in [0.25, 0.3) is 0 Å². The highest BCUT2D eigenvalue weighted by Gasteiger charge is 2.17. The second-order valence-corrected chi connectivity index (χ2v) is 5.77. The number of carbonyl (C=O) groups is 1. The largest absolute Gasteiger partial charge is 0.289 e. The smallest absolute Gasteiger partial charge is 0.190 e. The van der Waals surface area contributed by atoms with E-state index in [1.54, 1.807) is 23.5 Å². The van der Waals surface area contributed by atoms with Crippen LogP contribution in [0.1, 0.15) is 17.3 Å². The van der Waals surface area contributed by atoms with Gasteiger partial charge in [0.1, 0.15) is 0 Å². The molecule has 0 aliphatic carbocycles. The number of carbonyl (C=O) groups excluding carboxylic acids is 1. The molecule has 0 bridgehead atoms. The Bertz CT molecular complexity index is 387. The van der Waals surface area contributed by atoms with Crippen molar-refractivity contribution in [2.75, 3.05) is 11.5 Å². The van der Waals surface area contributed by atoms with Crippen molar-refractivity contribution in [2.45, 2.75) is 6.92 Å². The van der Waals surface area contributed by atoms with Crippen LogP contribution in [0.3, 0.4) is 0 Å². The van der Waals surface area contributed by atoms with Crippen molar-refractivity contribution in [3.8, 4) is 0 Å². The Morgan fingerprint density at radius 2 is 1.73 bits per heavy atom. The summed E-state index contributed by atoms with van der Waals surface area (Å²) in [6.07, 6.45) is 0. The lowest BCUT2D eigenvalue weighted by Gasteiger charge is -2.03. The molecule has 0 N–H and O–H groups in total. The lowest BCUT2D eigenvalue weighted by atomic mass is 10.1. The highest BCUT2D eigenvalue weighted by atomic mass is 32.2. The van der Waals surface area contributed by atoms with Crippen LogP contribution < -0.4 is 0 Å². The molecule has 0 aromatic heterocycles. The minimum absolute atomic E-state index is 0.160. The summed E-state index contributed by atoms with van der Waals surface area (Å²) in [6.45, 7) is 1.93. The van der Waals surface area contributed by atoms with Crippen molar-refractivity contribution in [1.82, 2.24) is 0 Å². The third-order valence-electron chi connectivity index (χ3n) is 2.23. The van der Waals surface area contributed by atoms with Crippen LogP contribution in [0.25, 0.3) is 0 Å². The normalized spacial score (nSPS) is 15.4. The van der Waals surface area contributed by atoms with Crippen LogP contribution in [-0.4, -0.2) is 17.3 Å². The molecule has 3 heteroatoms. The Balaban J connectivity index is 2.25. The summed E-state index contributed by atoms with van der Waals surface area (Å²) in [6, 6.07) is 9.48. The van der Waals surface area contributed by atoms with E-state index in [4.69, 9.17) is 0 Å². The molecule has 1 aromatic rings. The molecule has 1 saturated heterocycles. The number of hydrogen-bond donors (Lipinski definition) is 0. The van der Waals surface area contributed by atoms with Gasteiger partial charge in [-0.15, -0.1) is 23.5 Å². The first kappa shape index (κ1) is 10.8. The standard InChI is InChI=1S/C12H12OS2/c1-9(12-14-7-8-15-12)11(13)10-5-3-2-4-6-10/h2-6H,7-8H2,1H3. The molecule has 0 amide bonds. The van der Waals surface area contributed by atoms with Gasteiger partial charge in [-0.05, 0) is 6.92 Å². The quantitative estimate of drug-likeness (QED) is 0.577. The molecule has 0 unspecified atom stereocenters. The average molecular weight is 236 g/mol. The van der Waals surface area contributed by atoms with Crippen LogP contribution >= 0.6 is 23.5 Å². The van der Waals surface area contributed by atoms with Crippen molar-refractivity contribution >= 4 is 29.3 Å². The minimum atomic E-state index is 0.160. The molecule has 1 heterocycles. The predicted octanol–water partition coefficient (Wildman–Crippen LogP) is 3.58. The molecule has 0 radical (unpaired) electrons. The third-order valence-corrected chi connectivity index (χ3v) is 5.15. The molecule has 0 saturated carbocycles. The molecule has 0 atom stereocenters. The van der Waals surface area contributed by atoms with Gasteiger partial charge in [-0.3, -0.25) is 4.79 Å². The van der Waals surface area contributed by atoms with Gasteiger partial charge in [-0.25, -0.2) is 0 Å². The Kier molecular flexibility index (Phi) is 3.54. The molecule has 15 heavy (non-hydrogen) atoms.